The zero-order valence-corrected chi connectivity index (χ0v) is 24.4. The van der Waals surface area contributed by atoms with E-state index >= 15 is 0 Å². The third-order valence-electron chi connectivity index (χ3n) is 7.37. The molecule has 1 atom stereocenters. The van der Waals surface area contributed by atoms with E-state index in [-0.39, 0.29) is 35.8 Å². The molecular formula is C33H36O8. The minimum atomic E-state index is -0.990. The van der Waals surface area contributed by atoms with Crippen LogP contribution in [0.5, 0.6) is 11.5 Å². The van der Waals surface area contributed by atoms with Gasteiger partial charge in [0.1, 0.15) is 23.3 Å². The Labute approximate surface area is 238 Å². The Morgan fingerprint density at radius 3 is 2.10 bits per heavy atom. The molecule has 0 radical (unpaired) electrons. The van der Waals surface area contributed by atoms with Crippen LogP contribution in [0.3, 0.4) is 0 Å². The molecule has 5 rings (SSSR count). The summed E-state index contributed by atoms with van der Waals surface area (Å²) in [5, 5.41) is 28.3. The van der Waals surface area contributed by atoms with Crippen molar-refractivity contribution in [2.75, 3.05) is 0 Å². The molecule has 0 bridgehead atoms. The summed E-state index contributed by atoms with van der Waals surface area (Å²) in [6, 6.07) is 10.8. The lowest BCUT2D eigenvalue weighted by Crippen LogP contribution is -2.27. The van der Waals surface area contributed by atoms with Gasteiger partial charge in [-0.25, -0.2) is 0 Å². The Morgan fingerprint density at radius 1 is 0.878 bits per heavy atom. The average Bonchev–Trinajstić information content (AvgIpc) is 2.92. The van der Waals surface area contributed by atoms with Gasteiger partial charge in [-0.2, -0.15) is 0 Å². The van der Waals surface area contributed by atoms with E-state index in [0.717, 1.165) is 33.4 Å². The predicted octanol–water partition coefficient (Wildman–Crippen LogP) is 5.70. The van der Waals surface area contributed by atoms with E-state index in [1.54, 1.807) is 25.1 Å². The number of aromatic hydroxyl groups is 1. The van der Waals surface area contributed by atoms with Crippen LogP contribution >= 0.6 is 0 Å². The number of Topliss-reactive ketones (excluding diaryl/α,β-unsaturated/α-hetero) is 2. The Bertz CT molecular complexity index is 1680. The number of ether oxygens (including phenoxy) is 1. The van der Waals surface area contributed by atoms with Crippen LogP contribution in [0, 0.1) is 41.5 Å². The van der Waals surface area contributed by atoms with Crippen molar-refractivity contribution >= 4 is 22.5 Å². The summed E-state index contributed by atoms with van der Waals surface area (Å²) in [4.78, 5) is 34.3. The second kappa shape index (κ2) is 12.9. The molecule has 4 aromatic rings. The SMILES string of the molecule is CC(=O)c1ccc(C)c(C)c1O.Cc1ccc2c(=O)c(CO)coc2c1C.Cc1ccc2c(c1C)OC(O)CC2=O. The molecule has 0 amide bonds. The number of fused-ring (bicyclic) bond motifs is 2. The molecule has 1 aliphatic rings. The van der Waals surface area contributed by atoms with Gasteiger partial charge in [0.25, 0.3) is 0 Å². The fourth-order valence-electron chi connectivity index (χ4n) is 4.28. The molecule has 0 saturated heterocycles. The molecule has 1 unspecified atom stereocenters. The minimum Gasteiger partial charge on any atom is -0.507 e. The number of aryl methyl sites for hydroxylation is 4. The van der Waals surface area contributed by atoms with Crippen molar-refractivity contribution < 1.29 is 34.1 Å². The van der Waals surface area contributed by atoms with Crippen LogP contribution in [0.4, 0.5) is 0 Å². The van der Waals surface area contributed by atoms with Gasteiger partial charge in [-0.1, -0.05) is 18.2 Å². The van der Waals surface area contributed by atoms with Crippen LogP contribution < -0.4 is 10.2 Å². The Morgan fingerprint density at radius 2 is 1.46 bits per heavy atom. The molecular weight excluding hydrogens is 524 g/mol. The summed E-state index contributed by atoms with van der Waals surface area (Å²) in [6.45, 7) is 12.6. The average molecular weight is 561 g/mol. The van der Waals surface area contributed by atoms with Crippen molar-refractivity contribution in [3.63, 3.8) is 0 Å². The van der Waals surface area contributed by atoms with E-state index < -0.39 is 6.29 Å². The number of benzene rings is 3. The molecule has 8 nitrogen and oxygen atoms in total. The lowest BCUT2D eigenvalue weighted by Gasteiger charge is -2.23. The molecule has 0 fully saturated rings. The third kappa shape index (κ3) is 6.73. The van der Waals surface area contributed by atoms with Crippen LogP contribution in [-0.4, -0.2) is 33.2 Å². The third-order valence-corrected chi connectivity index (χ3v) is 7.37. The largest absolute Gasteiger partial charge is 0.507 e. The van der Waals surface area contributed by atoms with Gasteiger partial charge in [-0.3, -0.25) is 14.4 Å². The predicted molar refractivity (Wildman–Crippen MR) is 157 cm³/mol. The van der Waals surface area contributed by atoms with Crippen LogP contribution in [0.2, 0.25) is 0 Å². The summed E-state index contributed by atoms with van der Waals surface area (Å²) < 4.78 is 10.6. The van der Waals surface area contributed by atoms with E-state index in [9.17, 15) is 24.6 Å². The zero-order valence-electron chi connectivity index (χ0n) is 24.4. The van der Waals surface area contributed by atoms with Crippen molar-refractivity contribution in [1.82, 2.24) is 0 Å². The van der Waals surface area contributed by atoms with Crippen LogP contribution in [0.25, 0.3) is 11.0 Å². The van der Waals surface area contributed by atoms with Crippen molar-refractivity contribution in [3.05, 3.63) is 103 Å². The summed E-state index contributed by atoms with van der Waals surface area (Å²) in [5.74, 6) is 0.494. The summed E-state index contributed by atoms with van der Waals surface area (Å²) in [6.07, 6.45) is 0.391. The number of hydrogen-bond donors (Lipinski definition) is 3. The maximum atomic E-state index is 11.8. The molecule has 0 saturated carbocycles. The number of carbonyl (C=O) groups excluding carboxylic acids is 2. The van der Waals surface area contributed by atoms with Gasteiger partial charge >= 0.3 is 0 Å². The standard InChI is InChI=1S/C12H12O3.C11H12O3.C10H12O2/c1-7-3-4-10-11(14)9(5-13)6-15-12(10)8(7)2;1-6-3-4-8-9(12)5-10(13)14-11(8)7(6)2;1-6-4-5-9(8(3)11)10(12)7(6)2/h3-4,6,13H,5H2,1-2H3;3-4,10,13H,5H2,1-2H3;4-5,12H,1-3H3. The van der Waals surface area contributed by atoms with Crippen molar-refractivity contribution in [1.29, 1.82) is 0 Å². The highest BCUT2D eigenvalue weighted by Gasteiger charge is 2.26. The smallest absolute Gasteiger partial charge is 0.204 e. The lowest BCUT2D eigenvalue weighted by molar-refractivity contribution is -0.0251. The maximum absolute atomic E-state index is 11.8. The Balaban J connectivity index is 0.000000170. The van der Waals surface area contributed by atoms with Crippen molar-refractivity contribution in [2.45, 2.75) is 67.8 Å². The number of ketones is 2. The van der Waals surface area contributed by atoms with Gasteiger partial charge in [0.15, 0.2) is 17.0 Å². The molecule has 216 valence electrons. The van der Waals surface area contributed by atoms with Crippen LogP contribution in [-0.2, 0) is 6.61 Å². The first-order valence-corrected chi connectivity index (χ1v) is 13.2. The molecule has 1 aromatic heterocycles. The number of carbonyl (C=O) groups is 2. The first-order valence-electron chi connectivity index (χ1n) is 13.2. The minimum absolute atomic E-state index is 0.0511. The van der Waals surface area contributed by atoms with Gasteiger partial charge < -0.3 is 24.5 Å². The van der Waals surface area contributed by atoms with E-state index in [1.807, 2.05) is 52.8 Å². The number of hydrogen-bond acceptors (Lipinski definition) is 8. The highest BCUT2D eigenvalue weighted by Crippen LogP contribution is 2.32. The molecule has 3 N–H and O–H groups in total. The highest BCUT2D eigenvalue weighted by molar-refractivity contribution is 6.00. The first kappa shape index (κ1) is 31.3. The maximum Gasteiger partial charge on any atom is 0.204 e. The fourth-order valence-corrected chi connectivity index (χ4v) is 4.28. The fraction of sp³-hybridized carbons (Fsp3) is 0.303. The Kier molecular flexibility index (Phi) is 9.86. The summed E-state index contributed by atoms with van der Waals surface area (Å²) >= 11 is 0. The van der Waals surface area contributed by atoms with Gasteiger partial charge in [0, 0.05) is 0 Å². The van der Waals surface area contributed by atoms with Crippen LogP contribution in [0.1, 0.15) is 73.0 Å². The second-order valence-corrected chi connectivity index (χ2v) is 10.2. The highest BCUT2D eigenvalue weighted by atomic mass is 16.6. The number of rotatable bonds is 2. The van der Waals surface area contributed by atoms with Gasteiger partial charge in [0.05, 0.1) is 35.1 Å². The van der Waals surface area contributed by atoms with Crippen molar-refractivity contribution in [3.8, 4) is 11.5 Å². The molecule has 41 heavy (non-hydrogen) atoms. The van der Waals surface area contributed by atoms with Gasteiger partial charge in [0.2, 0.25) is 6.29 Å². The lowest BCUT2D eigenvalue weighted by atomic mass is 9.98. The summed E-state index contributed by atoms with van der Waals surface area (Å²) in [7, 11) is 0. The van der Waals surface area contributed by atoms with E-state index in [0.29, 0.717) is 33.4 Å². The molecule has 0 spiro atoms. The van der Waals surface area contributed by atoms with Gasteiger partial charge in [-0.05, 0) is 100 Å². The summed E-state index contributed by atoms with van der Waals surface area (Å²) in [5.41, 5.74) is 7.55. The van der Waals surface area contributed by atoms with E-state index in [2.05, 4.69) is 0 Å². The zero-order chi connectivity index (χ0) is 30.6. The van der Waals surface area contributed by atoms with E-state index in [4.69, 9.17) is 14.3 Å². The van der Waals surface area contributed by atoms with Gasteiger partial charge in [-0.15, -0.1) is 0 Å². The molecule has 0 aliphatic carbocycles. The second-order valence-electron chi connectivity index (χ2n) is 10.2. The molecule has 3 aromatic carbocycles. The van der Waals surface area contributed by atoms with Crippen molar-refractivity contribution in [2.24, 2.45) is 0 Å². The normalized spacial score (nSPS) is 13.8. The monoisotopic (exact) mass is 560 g/mol. The molecule has 1 aliphatic heterocycles. The molecule has 8 heteroatoms. The number of phenols is 1. The first-order chi connectivity index (χ1) is 19.3. The number of aliphatic hydroxyl groups excluding tert-OH is 2. The van der Waals surface area contributed by atoms with E-state index in [1.165, 1.54) is 13.2 Å². The Hall–Kier alpha value is -4.27. The number of aliphatic hydroxyl groups is 2. The molecule has 2 heterocycles. The van der Waals surface area contributed by atoms with Crippen LogP contribution in [0.15, 0.2) is 51.9 Å². The quantitative estimate of drug-likeness (QED) is 0.266. The topological polar surface area (TPSA) is 134 Å². The number of phenolic OH excluding ortho intramolecular Hbond substituents is 1.